The summed E-state index contributed by atoms with van der Waals surface area (Å²) in [6.07, 6.45) is 6.30. The molecule has 1 unspecified atom stereocenters. The minimum absolute atomic E-state index is 0.0944. The fraction of sp³-hybridized carbons (Fsp3) is 0.357. The fourth-order valence-electron chi connectivity index (χ4n) is 1.70. The number of rotatable bonds is 6. The quantitative estimate of drug-likeness (QED) is 0.833. The van der Waals surface area contributed by atoms with Crippen molar-refractivity contribution in [3.63, 3.8) is 0 Å². The highest BCUT2D eigenvalue weighted by Crippen LogP contribution is 2.15. The van der Waals surface area contributed by atoms with Gasteiger partial charge in [0.25, 0.3) is 0 Å². The van der Waals surface area contributed by atoms with Crippen LogP contribution >= 0.6 is 0 Å². The van der Waals surface area contributed by atoms with Crippen LogP contribution in [0.5, 0.6) is 0 Å². The highest BCUT2D eigenvalue weighted by Gasteiger charge is 2.07. The molecule has 2 rings (SSSR count). The second kappa shape index (κ2) is 6.68. The summed E-state index contributed by atoms with van der Waals surface area (Å²) in [4.78, 5) is 13.0. The molecule has 0 bridgehead atoms. The van der Waals surface area contributed by atoms with E-state index in [1.165, 1.54) is 0 Å². The third-order valence-corrected chi connectivity index (χ3v) is 2.69. The molecular weight excluding hydrogens is 238 g/mol. The van der Waals surface area contributed by atoms with Crippen molar-refractivity contribution in [1.82, 2.24) is 15.0 Å². The minimum Gasteiger partial charge on any atom is -0.369 e. The first kappa shape index (κ1) is 13.3. The molecular formula is C14H19N5. The SMILES string of the molecule is CCCNc1cncc(NC(C)c2ccccn2)n1. The van der Waals surface area contributed by atoms with Crippen LogP contribution < -0.4 is 10.6 Å². The molecule has 0 saturated carbocycles. The molecule has 0 aliphatic carbocycles. The number of pyridine rings is 1. The lowest BCUT2D eigenvalue weighted by Gasteiger charge is -2.14. The monoisotopic (exact) mass is 257 g/mol. The first-order valence-electron chi connectivity index (χ1n) is 6.53. The summed E-state index contributed by atoms with van der Waals surface area (Å²) in [5.41, 5.74) is 0.983. The number of hydrogen-bond donors (Lipinski definition) is 2. The molecule has 5 nitrogen and oxygen atoms in total. The fourth-order valence-corrected chi connectivity index (χ4v) is 1.70. The van der Waals surface area contributed by atoms with Crippen LogP contribution in [0.15, 0.2) is 36.8 Å². The van der Waals surface area contributed by atoms with Crippen molar-refractivity contribution < 1.29 is 0 Å². The Morgan fingerprint density at radius 2 is 2.05 bits per heavy atom. The van der Waals surface area contributed by atoms with Crippen molar-refractivity contribution in [1.29, 1.82) is 0 Å². The van der Waals surface area contributed by atoms with Gasteiger partial charge in [-0.25, -0.2) is 4.98 Å². The van der Waals surface area contributed by atoms with Crippen LogP contribution in [0.3, 0.4) is 0 Å². The summed E-state index contributed by atoms with van der Waals surface area (Å²) in [6.45, 7) is 5.07. The Morgan fingerprint density at radius 1 is 1.21 bits per heavy atom. The molecule has 0 aliphatic rings. The summed E-state index contributed by atoms with van der Waals surface area (Å²) in [7, 11) is 0. The van der Waals surface area contributed by atoms with Crippen LogP contribution in [-0.4, -0.2) is 21.5 Å². The van der Waals surface area contributed by atoms with Gasteiger partial charge in [0.05, 0.1) is 24.1 Å². The predicted octanol–water partition coefficient (Wildman–Crippen LogP) is 2.87. The topological polar surface area (TPSA) is 62.7 Å². The van der Waals surface area contributed by atoms with E-state index in [1.807, 2.05) is 18.2 Å². The van der Waals surface area contributed by atoms with Gasteiger partial charge < -0.3 is 10.6 Å². The first-order valence-corrected chi connectivity index (χ1v) is 6.53. The summed E-state index contributed by atoms with van der Waals surface area (Å²) in [5, 5.41) is 6.52. The predicted molar refractivity (Wildman–Crippen MR) is 77.1 cm³/mol. The highest BCUT2D eigenvalue weighted by atomic mass is 15.1. The zero-order chi connectivity index (χ0) is 13.5. The van der Waals surface area contributed by atoms with Gasteiger partial charge in [0.1, 0.15) is 11.6 Å². The molecule has 0 aromatic carbocycles. The van der Waals surface area contributed by atoms with Gasteiger partial charge in [-0.3, -0.25) is 9.97 Å². The maximum atomic E-state index is 4.46. The van der Waals surface area contributed by atoms with Gasteiger partial charge >= 0.3 is 0 Å². The normalized spacial score (nSPS) is 11.9. The van der Waals surface area contributed by atoms with Crippen LogP contribution in [0.1, 0.15) is 32.0 Å². The zero-order valence-corrected chi connectivity index (χ0v) is 11.3. The van der Waals surface area contributed by atoms with Crippen molar-refractivity contribution in [3.8, 4) is 0 Å². The Morgan fingerprint density at radius 3 is 2.79 bits per heavy atom. The van der Waals surface area contributed by atoms with E-state index in [0.717, 1.165) is 30.3 Å². The smallest absolute Gasteiger partial charge is 0.147 e. The molecule has 2 aromatic rings. The molecule has 0 fully saturated rings. The van der Waals surface area contributed by atoms with E-state index in [2.05, 4.69) is 39.4 Å². The summed E-state index contributed by atoms with van der Waals surface area (Å²) in [5.74, 6) is 1.54. The number of aromatic nitrogens is 3. The molecule has 19 heavy (non-hydrogen) atoms. The second-order valence-corrected chi connectivity index (χ2v) is 4.34. The van der Waals surface area contributed by atoms with Gasteiger partial charge in [0.2, 0.25) is 0 Å². The number of anilines is 2. The third-order valence-electron chi connectivity index (χ3n) is 2.69. The van der Waals surface area contributed by atoms with E-state index in [4.69, 9.17) is 0 Å². The van der Waals surface area contributed by atoms with Gasteiger partial charge in [0.15, 0.2) is 0 Å². The molecule has 2 N–H and O–H groups in total. The molecule has 5 heteroatoms. The van der Waals surface area contributed by atoms with Crippen LogP contribution in [0.25, 0.3) is 0 Å². The van der Waals surface area contributed by atoms with E-state index >= 15 is 0 Å². The lowest BCUT2D eigenvalue weighted by atomic mass is 10.2. The molecule has 0 spiro atoms. The Balaban J connectivity index is 2.02. The average Bonchev–Trinajstić information content (AvgIpc) is 2.46. The second-order valence-electron chi connectivity index (χ2n) is 4.34. The lowest BCUT2D eigenvalue weighted by molar-refractivity contribution is 0.829. The number of hydrogen-bond acceptors (Lipinski definition) is 5. The van der Waals surface area contributed by atoms with Crippen molar-refractivity contribution >= 4 is 11.6 Å². The highest BCUT2D eigenvalue weighted by molar-refractivity contribution is 5.42. The standard InChI is InChI=1S/C14H19N5/c1-3-7-17-13-9-15-10-14(19-13)18-11(2)12-6-4-5-8-16-12/h4-6,8-11H,3,7H2,1-2H3,(H2,17,18,19). The molecule has 0 saturated heterocycles. The Kier molecular flexibility index (Phi) is 4.66. The van der Waals surface area contributed by atoms with Crippen molar-refractivity contribution in [2.45, 2.75) is 26.3 Å². The average molecular weight is 257 g/mol. The van der Waals surface area contributed by atoms with E-state index in [1.54, 1.807) is 18.6 Å². The van der Waals surface area contributed by atoms with Crippen LogP contribution in [0.4, 0.5) is 11.6 Å². The molecule has 2 aromatic heterocycles. The van der Waals surface area contributed by atoms with Gasteiger partial charge in [0, 0.05) is 12.7 Å². The van der Waals surface area contributed by atoms with Crippen LogP contribution in [0.2, 0.25) is 0 Å². The summed E-state index contributed by atoms with van der Waals surface area (Å²) in [6, 6.07) is 5.97. The lowest BCUT2D eigenvalue weighted by Crippen LogP contribution is -2.11. The van der Waals surface area contributed by atoms with Gasteiger partial charge in [-0.05, 0) is 25.5 Å². The molecule has 1 atom stereocenters. The third kappa shape index (κ3) is 3.91. The molecule has 0 radical (unpaired) electrons. The van der Waals surface area contributed by atoms with E-state index in [-0.39, 0.29) is 6.04 Å². The van der Waals surface area contributed by atoms with Crippen molar-refractivity contribution in [2.75, 3.05) is 17.2 Å². The number of nitrogens with zero attached hydrogens (tertiary/aromatic N) is 3. The minimum atomic E-state index is 0.0944. The number of nitrogens with one attached hydrogen (secondary N) is 2. The van der Waals surface area contributed by atoms with E-state index in [0.29, 0.717) is 0 Å². The summed E-state index contributed by atoms with van der Waals surface area (Å²) >= 11 is 0. The molecule has 100 valence electrons. The summed E-state index contributed by atoms with van der Waals surface area (Å²) < 4.78 is 0. The van der Waals surface area contributed by atoms with E-state index < -0.39 is 0 Å². The maximum Gasteiger partial charge on any atom is 0.147 e. The zero-order valence-electron chi connectivity index (χ0n) is 11.3. The van der Waals surface area contributed by atoms with Gasteiger partial charge in [-0.1, -0.05) is 13.0 Å². The Hall–Kier alpha value is -2.17. The molecule has 2 heterocycles. The Bertz CT molecular complexity index is 500. The Labute approximate surface area is 113 Å². The maximum absolute atomic E-state index is 4.46. The van der Waals surface area contributed by atoms with Gasteiger partial charge in [-0.15, -0.1) is 0 Å². The molecule has 0 aliphatic heterocycles. The van der Waals surface area contributed by atoms with Crippen molar-refractivity contribution in [2.24, 2.45) is 0 Å². The van der Waals surface area contributed by atoms with Crippen LogP contribution in [0, 0.1) is 0 Å². The van der Waals surface area contributed by atoms with Crippen LogP contribution in [-0.2, 0) is 0 Å². The molecule has 0 amide bonds. The van der Waals surface area contributed by atoms with Crippen molar-refractivity contribution in [3.05, 3.63) is 42.5 Å². The first-order chi connectivity index (χ1) is 9.29. The van der Waals surface area contributed by atoms with Gasteiger partial charge in [-0.2, -0.15) is 0 Å². The van der Waals surface area contributed by atoms with E-state index in [9.17, 15) is 0 Å². The largest absolute Gasteiger partial charge is 0.369 e.